The third kappa shape index (κ3) is 4.95. The second-order valence-corrected chi connectivity index (χ2v) is 7.24. The minimum Gasteiger partial charge on any atom is -0.377 e. The van der Waals surface area contributed by atoms with Crippen LogP contribution in [0.4, 0.5) is 0 Å². The highest BCUT2D eigenvalue weighted by molar-refractivity contribution is 9.10. The van der Waals surface area contributed by atoms with E-state index in [9.17, 15) is 0 Å². The first kappa shape index (κ1) is 17.3. The Labute approximate surface area is 141 Å². The van der Waals surface area contributed by atoms with Gasteiger partial charge in [0, 0.05) is 22.1 Å². The molecule has 0 heterocycles. The summed E-state index contributed by atoms with van der Waals surface area (Å²) in [5, 5.41) is 0.777. The molecular weight excluding hydrogens is 350 g/mol. The van der Waals surface area contributed by atoms with Gasteiger partial charge in [0.15, 0.2) is 0 Å². The third-order valence-electron chi connectivity index (χ3n) is 4.37. The molecule has 0 bridgehead atoms. The molecule has 2 nitrogen and oxygen atoms in total. The Morgan fingerprint density at radius 1 is 1.33 bits per heavy atom. The third-order valence-corrected chi connectivity index (χ3v) is 5.21. The van der Waals surface area contributed by atoms with Crippen LogP contribution in [-0.2, 0) is 11.2 Å². The molecule has 21 heavy (non-hydrogen) atoms. The SMILES string of the molecule is CCOC(C(N)Cc1ccc(Br)cc1Cl)C1CCCCC1. The summed E-state index contributed by atoms with van der Waals surface area (Å²) in [6.07, 6.45) is 7.37. The molecule has 0 aromatic heterocycles. The van der Waals surface area contributed by atoms with Crippen molar-refractivity contribution in [2.24, 2.45) is 11.7 Å². The number of nitrogens with two attached hydrogens (primary N) is 1. The van der Waals surface area contributed by atoms with E-state index in [1.165, 1.54) is 32.1 Å². The standard InChI is InChI=1S/C17H25BrClNO/c1-2-21-17(12-6-4-3-5-7-12)16(20)10-13-8-9-14(18)11-15(13)19/h8-9,11-12,16-17H,2-7,10,20H2,1H3. The summed E-state index contributed by atoms with van der Waals surface area (Å²) in [5.74, 6) is 0.600. The predicted molar refractivity (Wildman–Crippen MR) is 92.8 cm³/mol. The fourth-order valence-corrected chi connectivity index (χ4v) is 4.07. The number of halogens is 2. The normalized spacial score (nSPS) is 19.4. The van der Waals surface area contributed by atoms with Gasteiger partial charge in [-0.25, -0.2) is 0 Å². The highest BCUT2D eigenvalue weighted by atomic mass is 79.9. The van der Waals surface area contributed by atoms with Gasteiger partial charge in [-0.05, 0) is 49.8 Å². The number of rotatable bonds is 6. The largest absolute Gasteiger partial charge is 0.377 e. The Morgan fingerprint density at radius 2 is 2.05 bits per heavy atom. The van der Waals surface area contributed by atoms with Crippen LogP contribution >= 0.6 is 27.5 Å². The molecule has 2 atom stereocenters. The summed E-state index contributed by atoms with van der Waals surface area (Å²) >= 11 is 9.75. The maximum atomic E-state index is 6.48. The number of ether oxygens (including phenoxy) is 1. The molecule has 2 N–H and O–H groups in total. The van der Waals surface area contributed by atoms with Crippen molar-refractivity contribution in [3.8, 4) is 0 Å². The Kier molecular flexibility index (Phi) is 7.00. The molecule has 1 aromatic carbocycles. The molecule has 0 amide bonds. The minimum atomic E-state index is 0.00623. The molecule has 0 saturated heterocycles. The van der Waals surface area contributed by atoms with Crippen LogP contribution < -0.4 is 5.73 Å². The lowest BCUT2D eigenvalue weighted by Crippen LogP contribution is -2.44. The van der Waals surface area contributed by atoms with Gasteiger partial charge in [0.05, 0.1) is 6.10 Å². The predicted octanol–water partition coefficient (Wildman–Crippen LogP) is 4.96. The molecule has 1 aliphatic carbocycles. The van der Waals surface area contributed by atoms with Crippen LogP contribution in [0.15, 0.2) is 22.7 Å². The molecule has 2 rings (SSSR count). The number of hydrogen-bond acceptors (Lipinski definition) is 2. The molecule has 0 aliphatic heterocycles. The van der Waals surface area contributed by atoms with Crippen molar-refractivity contribution in [3.05, 3.63) is 33.3 Å². The second-order valence-electron chi connectivity index (χ2n) is 5.92. The Bertz CT molecular complexity index is 448. The molecule has 1 fully saturated rings. The minimum absolute atomic E-state index is 0.00623. The van der Waals surface area contributed by atoms with Crippen LogP contribution in [-0.4, -0.2) is 18.8 Å². The molecule has 0 radical (unpaired) electrons. The van der Waals surface area contributed by atoms with E-state index in [1.807, 2.05) is 12.1 Å². The zero-order chi connectivity index (χ0) is 15.2. The number of hydrogen-bond donors (Lipinski definition) is 1. The first-order valence-electron chi connectivity index (χ1n) is 7.93. The Hall–Kier alpha value is -0.0900. The van der Waals surface area contributed by atoms with Gasteiger partial charge in [0.2, 0.25) is 0 Å². The maximum Gasteiger partial charge on any atom is 0.0757 e. The fourth-order valence-electron chi connectivity index (χ4n) is 3.32. The van der Waals surface area contributed by atoms with Gasteiger partial charge >= 0.3 is 0 Å². The zero-order valence-electron chi connectivity index (χ0n) is 12.7. The highest BCUT2D eigenvalue weighted by Gasteiger charge is 2.29. The first-order chi connectivity index (χ1) is 10.1. The molecule has 118 valence electrons. The smallest absolute Gasteiger partial charge is 0.0757 e. The van der Waals surface area contributed by atoms with Crippen LogP contribution in [0.3, 0.4) is 0 Å². The molecule has 1 aromatic rings. The van der Waals surface area contributed by atoms with E-state index in [4.69, 9.17) is 22.1 Å². The van der Waals surface area contributed by atoms with Crippen LogP contribution in [0.2, 0.25) is 5.02 Å². The van der Waals surface area contributed by atoms with Gasteiger partial charge < -0.3 is 10.5 Å². The van der Waals surface area contributed by atoms with Crippen LogP contribution in [0.25, 0.3) is 0 Å². The second kappa shape index (κ2) is 8.52. The van der Waals surface area contributed by atoms with Gasteiger partial charge in [-0.3, -0.25) is 0 Å². The van der Waals surface area contributed by atoms with E-state index in [0.717, 1.165) is 28.1 Å². The van der Waals surface area contributed by atoms with Gasteiger partial charge in [0.25, 0.3) is 0 Å². The monoisotopic (exact) mass is 373 g/mol. The average molecular weight is 375 g/mol. The summed E-state index contributed by atoms with van der Waals surface area (Å²) in [5.41, 5.74) is 7.58. The molecule has 4 heteroatoms. The molecule has 2 unspecified atom stereocenters. The van der Waals surface area contributed by atoms with Crippen molar-refractivity contribution in [2.45, 2.75) is 57.6 Å². The van der Waals surface area contributed by atoms with E-state index in [-0.39, 0.29) is 12.1 Å². The van der Waals surface area contributed by atoms with E-state index in [2.05, 4.69) is 28.9 Å². The van der Waals surface area contributed by atoms with Crippen LogP contribution in [0, 0.1) is 5.92 Å². The lowest BCUT2D eigenvalue weighted by Gasteiger charge is -2.34. The summed E-state index contributed by atoms with van der Waals surface area (Å²) in [6.45, 7) is 2.78. The van der Waals surface area contributed by atoms with Crippen molar-refractivity contribution >= 4 is 27.5 Å². The summed E-state index contributed by atoms with van der Waals surface area (Å²) in [4.78, 5) is 0. The maximum absolute atomic E-state index is 6.48. The average Bonchev–Trinajstić information content (AvgIpc) is 2.48. The summed E-state index contributed by atoms with van der Waals surface area (Å²) < 4.78 is 7.00. The first-order valence-corrected chi connectivity index (χ1v) is 9.10. The van der Waals surface area contributed by atoms with E-state index in [1.54, 1.807) is 0 Å². The van der Waals surface area contributed by atoms with Crippen molar-refractivity contribution in [3.63, 3.8) is 0 Å². The van der Waals surface area contributed by atoms with Crippen LogP contribution in [0.5, 0.6) is 0 Å². The van der Waals surface area contributed by atoms with E-state index in [0.29, 0.717) is 5.92 Å². The highest BCUT2D eigenvalue weighted by Crippen LogP contribution is 2.31. The molecular formula is C17H25BrClNO. The Balaban J connectivity index is 2.04. The number of benzene rings is 1. The van der Waals surface area contributed by atoms with Crippen molar-refractivity contribution in [2.75, 3.05) is 6.61 Å². The molecule has 1 saturated carbocycles. The van der Waals surface area contributed by atoms with Crippen molar-refractivity contribution < 1.29 is 4.74 Å². The van der Waals surface area contributed by atoms with Crippen LogP contribution in [0.1, 0.15) is 44.6 Å². The molecule has 0 spiro atoms. The molecule has 1 aliphatic rings. The summed E-state index contributed by atoms with van der Waals surface area (Å²) in [6, 6.07) is 6.01. The van der Waals surface area contributed by atoms with Gasteiger partial charge in [-0.1, -0.05) is 52.9 Å². The van der Waals surface area contributed by atoms with Crippen molar-refractivity contribution in [1.29, 1.82) is 0 Å². The van der Waals surface area contributed by atoms with Gasteiger partial charge in [-0.2, -0.15) is 0 Å². The lowest BCUT2D eigenvalue weighted by molar-refractivity contribution is -0.00912. The van der Waals surface area contributed by atoms with Gasteiger partial charge in [0.1, 0.15) is 0 Å². The summed E-state index contributed by atoms with van der Waals surface area (Å²) in [7, 11) is 0. The fraction of sp³-hybridized carbons (Fsp3) is 0.647. The Morgan fingerprint density at radius 3 is 2.67 bits per heavy atom. The van der Waals surface area contributed by atoms with Crippen molar-refractivity contribution in [1.82, 2.24) is 0 Å². The van der Waals surface area contributed by atoms with E-state index >= 15 is 0 Å². The topological polar surface area (TPSA) is 35.2 Å². The van der Waals surface area contributed by atoms with Gasteiger partial charge in [-0.15, -0.1) is 0 Å². The lowest BCUT2D eigenvalue weighted by atomic mass is 9.81. The zero-order valence-corrected chi connectivity index (χ0v) is 15.0. The quantitative estimate of drug-likeness (QED) is 0.764. The van der Waals surface area contributed by atoms with E-state index < -0.39 is 0 Å².